The van der Waals surface area contributed by atoms with Gasteiger partial charge < -0.3 is 25.0 Å². The zero-order chi connectivity index (χ0) is 26.6. The summed E-state index contributed by atoms with van der Waals surface area (Å²) in [6, 6.07) is 13.4. The van der Waals surface area contributed by atoms with Gasteiger partial charge in [0.05, 0.1) is 19.7 Å². The highest BCUT2D eigenvalue weighted by atomic mass is 32.1. The Kier molecular flexibility index (Phi) is 7.75. The third-order valence-electron chi connectivity index (χ3n) is 7.12. The number of nitrogens with one attached hydrogen (secondary N) is 2. The molecule has 10 nitrogen and oxygen atoms in total. The van der Waals surface area contributed by atoms with Gasteiger partial charge in [0.2, 0.25) is 10.7 Å². The molecule has 3 heterocycles. The van der Waals surface area contributed by atoms with E-state index in [1.165, 1.54) is 10.3 Å². The molecule has 0 bridgehead atoms. The fourth-order valence-corrected chi connectivity index (χ4v) is 5.31. The summed E-state index contributed by atoms with van der Waals surface area (Å²) in [5.74, 6) is 1.34. The van der Waals surface area contributed by atoms with Crippen LogP contribution in [0, 0.1) is 4.77 Å². The van der Waals surface area contributed by atoms with E-state index in [0.29, 0.717) is 41.2 Å². The van der Waals surface area contributed by atoms with Crippen LogP contribution in [-0.4, -0.2) is 85.8 Å². The zero-order valence-electron chi connectivity index (χ0n) is 21.6. The Hall–Kier alpha value is -3.70. The van der Waals surface area contributed by atoms with Gasteiger partial charge in [-0.25, -0.2) is 9.55 Å². The normalized spacial score (nSPS) is 17.3. The lowest BCUT2D eigenvalue weighted by atomic mass is 10.1. The highest BCUT2D eigenvalue weighted by Gasteiger charge is 2.32. The van der Waals surface area contributed by atoms with E-state index in [1.807, 2.05) is 6.07 Å². The molecule has 1 aromatic heterocycles. The number of anilines is 2. The molecule has 0 aliphatic carbocycles. The summed E-state index contributed by atoms with van der Waals surface area (Å²) in [5.41, 5.74) is 1.85. The maximum Gasteiger partial charge on any atom is 0.257 e. The van der Waals surface area contributed by atoms with Crippen LogP contribution in [0.3, 0.4) is 0 Å². The van der Waals surface area contributed by atoms with Crippen molar-refractivity contribution in [2.75, 3.05) is 63.7 Å². The minimum atomic E-state index is -0.561. The first-order chi connectivity index (χ1) is 18.5. The number of amides is 1. The molecule has 1 atom stereocenters. The summed E-state index contributed by atoms with van der Waals surface area (Å²) in [6.45, 7) is 5.25. The average Bonchev–Trinajstić information content (AvgIpc) is 3.28. The molecule has 0 radical (unpaired) electrons. The van der Waals surface area contributed by atoms with E-state index in [0.717, 1.165) is 32.7 Å². The monoisotopic (exact) mass is 536 g/mol. The van der Waals surface area contributed by atoms with Gasteiger partial charge in [0, 0.05) is 62.8 Å². The molecule has 11 heteroatoms. The minimum Gasteiger partial charge on any atom is -0.493 e. The number of carbonyl (C=O) groups excluding carboxylic acids is 2. The minimum absolute atomic E-state index is 0.0727. The molecular weight excluding hydrogens is 504 g/mol. The van der Waals surface area contributed by atoms with Crippen molar-refractivity contribution < 1.29 is 19.1 Å². The van der Waals surface area contributed by atoms with Crippen molar-refractivity contribution in [3.05, 3.63) is 47.2 Å². The van der Waals surface area contributed by atoms with Crippen molar-refractivity contribution in [3.63, 3.8) is 0 Å². The topological polar surface area (TPSA) is 101 Å². The van der Waals surface area contributed by atoms with E-state index in [9.17, 15) is 9.59 Å². The highest BCUT2D eigenvalue weighted by molar-refractivity contribution is 7.71. The molecule has 1 amide bonds. The van der Waals surface area contributed by atoms with Crippen LogP contribution < -0.4 is 25.0 Å². The van der Waals surface area contributed by atoms with E-state index in [1.54, 1.807) is 26.4 Å². The Morgan fingerprint density at radius 3 is 2.53 bits per heavy atom. The fraction of sp³-hybridized carbons (Fsp3) is 0.407. The Labute approximate surface area is 226 Å². The van der Waals surface area contributed by atoms with Crippen LogP contribution in [-0.2, 0) is 4.79 Å². The summed E-state index contributed by atoms with van der Waals surface area (Å²) in [5, 5.41) is 6.95. The van der Waals surface area contributed by atoms with Crippen LogP contribution in [0.4, 0.5) is 11.5 Å². The second-order valence-corrected chi connectivity index (χ2v) is 9.76. The van der Waals surface area contributed by atoms with E-state index in [2.05, 4.69) is 49.7 Å². The first kappa shape index (κ1) is 25.9. The maximum atomic E-state index is 13.1. The van der Waals surface area contributed by atoms with Crippen molar-refractivity contribution in [3.8, 4) is 11.5 Å². The number of methoxy groups -OCH3 is 2. The lowest BCUT2D eigenvalue weighted by Crippen LogP contribution is -2.48. The Balaban J connectivity index is 1.12. The van der Waals surface area contributed by atoms with Gasteiger partial charge in [0.25, 0.3) is 5.91 Å². The van der Waals surface area contributed by atoms with E-state index in [4.69, 9.17) is 21.7 Å². The number of carbonyl (C=O) groups is 2. The van der Waals surface area contributed by atoms with Crippen molar-refractivity contribution in [1.82, 2.24) is 19.8 Å². The number of fused-ring (bicyclic) bond motifs is 3. The van der Waals surface area contributed by atoms with Gasteiger partial charge in [-0.1, -0.05) is 18.2 Å². The molecule has 2 aromatic carbocycles. The quantitative estimate of drug-likeness (QED) is 0.400. The number of benzene rings is 2. The SMILES string of the molecule is COc1cc2nc(=S)n3c(c2cc1OC)N[C@H](CCC(=O)NCCN1CCN(c2ccccc2)CC1)C3=O. The van der Waals surface area contributed by atoms with Crippen LogP contribution in [0.5, 0.6) is 11.5 Å². The first-order valence-corrected chi connectivity index (χ1v) is 13.2. The molecule has 0 unspecified atom stereocenters. The third kappa shape index (κ3) is 5.30. The predicted octanol–water partition coefficient (Wildman–Crippen LogP) is 2.94. The molecule has 2 aliphatic rings. The summed E-state index contributed by atoms with van der Waals surface area (Å²) < 4.78 is 12.3. The number of ether oxygens (including phenoxy) is 2. The van der Waals surface area contributed by atoms with Crippen molar-refractivity contribution in [2.45, 2.75) is 18.9 Å². The van der Waals surface area contributed by atoms with Crippen LogP contribution in [0.15, 0.2) is 42.5 Å². The average molecular weight is 537 g/mol. The number of hydrogen-bond acceptors (Lipinski definition) is 9. The number of rotatable bonds is 9. The molecule has 38 heavy (non-hydrogen) atoms. The summed E-state index contributed by atoms with van der Waals surface area (Å²) >= 11 is 5.40. The van der Waals surface area contributed by atoms with Gasteiger partial charge >= 0.3 is 0 Å². The Morgan fingerprint density at radius 1 is 1.11 bits per heavy atom. The molecule has 0 saturated carbocycles. The second-order valence-electron chi connectivity index (χ2n) is 9.39. The van der Waals surface area contributed by atoms with Crippen molar-refractivity contribution in [1.29, 1.82) is 0 Å². The number of piperazine rings is 1. The number of aromatic nitrogens is 2. The van der Waals surface area contributed by atoms with Gasteiger partial charge in [-0.05, 0) is 36.8 Å². The molecule has 2 N–H and O–H groups in total. The molecule has 5 rings (SSSR count). The van der Waals surface area contributed by atoms with Crippen LogP contribution >= 0.6 is 12.2 Å². The summed E-state index contributed by atoms with van der Waals surface area (Å²) in [4.78, 5) is 34.8. The van der Waals surface area contributed by atoms with Gasteiger partial charge in [-0.2, -0.15) is 0 Å². The fourth-order valence-electron chi connectivity index (χ4n) is 5.03. The first-order valence-electron chi connectivity index (χ1n) is 12.8. The molecule has 2 aliphatic heterocycles. The van der Waals surface area contributed by atoms with Gasteiger partial charge in [0.1, 0.15) is 11.9 Å². The van der Waals surface area contributed by atoms with E-state index < -0.39 is 6.04 Å². The molecule has 3 aromatic rings. The molecule has 0 spiro atoms. The largest absolute Gasteiger partial charge is 0.493 e. The molecule has 200 valence electrons. The Bertz CT molecular complexity index is 1390. The van der Waals surface area contributed by atoms with Gasteiger partial charge in [-0.3, -0.25) is 14.5 Å². The van der Waals surface area contributed by atoms with E-state index >= 15 is 0 Å². The van der Waals surface area contributed by atoms with Crippen LogP contribution in [0.1, 0.15) is 17.6 Å². The number of hydrogen-bond donors (Lipinski definition) is 2. The lowest BCUT2D eigenvalue weighted by molar-refractivity contribution is -0.121. The molecule has 1 saturated heterocycles. The summed E-state index contributed by atoms with van der Waals surface area (Å²) in [6.07, 6.45) is 0.584. The van der Waals surface area contributed by atoms with E-state index in [-0.39, 0.29) is 23.0 Å². The van der Waals surface area contributed by atoms with Crippen molar-refractivity contribution in [2.24, 2.45) is 0 Å². The second kappa shape index (κ2) is 11.4. The standard InChI is InChI=1S/C27H32N6O4S/c1-36-22-16-19-21(17-23(22)37-2)30-27(38)33-25(19)29-20(26(33)35)8-9-24(34)28-10-11-31-12-14-32(15-13-31)18-6-4-3-5-7-18/h3-7,16-17,20,29H,8-15H2,1-2H3,(H,28,34)/t20-/m1/s1. The Morgan fingerprint density at radius 2 is 1.82 bits per heavy atom. The molecular formula is C27H32N6O4S. The predicted molar refractivity (Wildman–Crippen MR) is 149 cm³/mol. The highest BCUT2D eigenvalue weighted by Crippen LogP contribution is 2.36. The molecule has 1 fully saturated rings. The summed E-state index contributed by atoms with van der Waals surface area (Å²) in [7, 11) is 3.10. The van der Waals surface area contributed by atoms with Crippen LogP contribution in [0.25, 0.3) is 10.9 Å². The number of para-hydroxylation sites is 1. The van der Waals surface area contributed by atoms with Crippen molar-refractivity contribution >= 4 is 46.4 Å². The number of nitrogens with zero attached hydrogens (tertiary/aromatic N) is 4. The third-order valence-corrected chi connectivity index (χ3v) is 7.40. The zero-order valence-corrected chi connectivity index (χ0v) is 22.4. The maximum absolute atomic E-state index is 13.1. The lowest BCUT2D eigenvalue weighted by Gasteiger charge is -2.36. The van der Waals surface area contributed by atoms with Gasteiger partial charge in [0.15, 0.2) is 11.5 Å². The van der Waals surface area contributed by atoms with Crippen LogP contribution in [0.2, 0.25) is 0 Å². The van der Waals surface area contributed by atoms with Gasteiger partial charge in [-0.15, -0.1) is 0 Å². The smallest absolute Gasteiger partial charge is 0.257 e.